The van der Waals surface area contributed by atoms with E-state index in [9.17, 15) is 4.79 Å². The van der Waals surface area contributed by atoms with Crippen molar-refractivity contribution in [2.45, 2.75) is 25.4 Å². The number of hydrogen-bond acceptors (Lipinski definition) is 2. The topological polar surface area (TPSA) is 23.6 Å². The number of hydrogen-bond donors (Lipinski definition) is 0. The van der Waals surface area contributed by atoms with Gasteiger partial charge in [0.1, 0.15) is 0 Å². The first-order valence-electron chi connectivity index (χ1n) is 11.8. The van der Waals surface area contributed by atoms with E-state index in [0.717, 1.165) is 18.4 Å². The fourth-order valence-corrected chi connectivity index (χ4v) is 4.60. The highest BCUT2D eigenvalue weighted by atomic mass is 16.2. The molecule has 1 atom stereocenters. The van der Waals surface area contributed by atoms with E-state index in [1.54, 1.807) is 0 Å². The predicted octanol–water partition coefficient (Wildman–Crippen LogP) is 6.60. The van der Waals surface area contributed by atoms with Crippen LogP contribution in [-0.2, 0) is 13.0 Å². The van der Waals surface area contributed by atoms with Gasteiger partial charge in [-0.1, -0.05) is 109 Å². The molecule has 4 aromatic rings. The van der Waals surface area contributed by atoms with E-state index in [2.05, 4.69) is 83.9 Å². The highest BCUT2D eigenvalue weighted by Crippen LogP contribution is 2.35. The lowest BCUT2D eigenvalue weighted by molar-refractivity contribution is 0.00932. The Morgan fingerprint density at radius 3 is 1.79 bits per heavy atom. The fraction of sp³-hybridized carbons (Fsp3) is 0.129. The number of carbonyl (C=O) groups excluding carboxylic acids is 1. The normalized spacial score (nSPS) is 15.8. The molecule has 34 heavy (non-hydrogen) atoms. The van der Waals surface area contributed by atoms with E-state index in [4.69, 9.17) is 0 Å². The minimum absolute atomic E-state index is 0.00725. The third-order valence-electron chi connectivity index (χ3n) is 6.33. The number of benzene rings is 4. The summed E-state index contributed by atoms with van der Waals surface area (Å²) in [7, 11) is 0. The van der Waals surface area contributed by atoms with Crippen LogP contribution in [-0.4, -0.2) is 22.0 Å². The second-order valence-electron chi connectivity index (χ2n) is 8.59. The minimum Gasteiger partial charge on any atom is -0.267 e. The van der Waals surface area contributed by atoms with Crippen LogP contribution < -0.4 is 0 Å². The van der Waals surface area contributed by atoms with Crippen molar-refractivity contribution in [2.75, 3.05) is 0 Å². The van der Waals surface area contributed by atoms with Crippen molar-refractivity contribution in [3.05, 3.63) is 150 Å². The third kappa shape index (κ3) is 4.85. The summed E-state index contributed by atoms with van der Waals surface area (Å²) in [4.78, 5) is 13.7. The van der Waals surface area contributed by atoms with E-state index in [1.807, 2.05) is 53.7 Å². The molecule has 0 aromatic heterocycles. The molecule has 0 N–H and O–H groups in total. The summed E-state index contributed by atoms with van der Waals surface area (Å²) in [5, 5.41) is 4.07. The van der Waals surface area contributed by atoms with Crippen molar-refractivity contribution in [3.8, 4) is 0 Å². The first-order valence-corrected chi connectivity index (χ1v) is 11.8. The van der Waals surface area contributed by atoms with E-state index in [-0.39, 0.29) is 11.9 Å². The monoisotopic (exact) mass is 444 g/mol. The Kier molecular flexibility index (Phi) is 6.64. The van der Waals surface area contributed by atoms with E-state index < -0.39 is 0 Å². The lowest BCUT2D eigenvalue weighted by Crippen LogP contribution is -2.44. The van der Waals surface area contributed by atoms with Gasteiger partial charge >= 0.3 is 0 Å². The second kappa shape index (κ2) is 10.3. The summed E-state index contributed by atoms with van der Waals surface area (Å²) in [6.45, 7) is 0.658. The number of aryl methyl sites for hydroxylation is 1. The van der Waals surface area contributed by atoms with Gasteiger partial charge in [-0.25, -0.2) is 10.0 Å². The van der Waals surface area contributed by atoms with Gasteiger partial charge in [0.05, 0.1) is 6.04 Å². The Morgan fingerprint density at radius 1 is 0.647 bits per heavy atom. The minimum atomic E-state index is -0.00725. The zero-order chi connectivity index (χ0) is 23.2. The van der Waals surface area contributed by atoms with Gasteiger partial charge in [0.15, 0.2) is 0 Å². The maximum Gasteiger partial charge on any atom is 0.272 e. The molecule has 0 unspecified atom stereocenters. The number of rotatable bonds is 7. The van der Waals surface area contributed by atoms with Crippen LogP contribution in [0, 0.1) is 0 Å². The molecular formula is C31H28N2O. The maximum absolute atomic E-state index is 13.7. The quantitative estimate of drug-likeness (QED) is 0.320. The van der Waals surface area contributed by atoms with Crippen molar-refractivity contribution in [2.24, 2.45) is 0 Å². The van der Waals surface area contributed by atoms with Crippen LogP contribution in [0.15, 0.2) is 128 Å². The average Bonchev–Trinajstić information content (AvgIpc) is 3.27. The van der Waals surface area contributed by atoms with Gasteiger partial charge in [0.2, 0.25) is 0 Å². The summed E-state index contributed by atoms with van der Waals surface area (Å²) in [6, 6.07) is 41.0. The zero-order valence-electron chi connectivity index (χ0n) is 19.1. The number of amides is 1. The van der Waals surface area contributed by atoms with Gasteiger partial charge in [-0.15, -0.1) is 0 Å². The van der Waals surface area contributed by atoms with Gasteiger partial charge in [-0.05, 0) is 47.2 Å². The SMILES string of the molecule is O=C(c1ccccc1)N1C=C(c2ccccc2)[C@@H](CCc2ccccc2)N1Cc1ccccc1. The first-order chi connectivity index (χ1) is 16.8. The molecule has 3 heteroatoms. The Labute approximate surface area is 201 Å². The lowest BCUT2D eigenvalue weighted by atomic mass is 9.94. The van der Waals surface area contributed by atoms with Gasteiger partial charge in [-0.2, -0.15) is 0 Å². The van der Waals surface area contributed by atoms with Crippen molar-refractivity contribution in [3.63, 3.8) is 0 Å². The van der Waals surface area contributed by atoms with Crippen LogP contribution in [0.25, 0.3) is 5.57 Å². The van der Waals surface area contributed by atoms with E-state index >= 15 is 0 Å². The molecule has 4 aromatic carbocycles. The van der Waals surface area contributed by atoms with Crippen molar-refractivity contribution in [1.82, 2.24) is 10.0 Å². The van der Waals surface area contributed by atoms with Crippen LogP contribution in [0.1, 0.15) is 33.5 Å². The van der Waals surface area contributed by atoms with E-state index in [0.29, 0.717) is 12.1 Å². The van der Waals surface area contributed by atoms with Crippen molar-refractivity contribution in [1.29, 1.82) is 0 Å². The molecule has 5 rings (SSSR count). The molecule has 0 spiro atoms. The van der Waals surface area contributed by atoms with Crippen LogP contribution in [0.2, 0.25) is 0 Å². The highest BCUT2D eigenvalue weighted by molar-refractivity contribution is 5.96. The van der Waals surface area contributed by atoms with Crippen molar-refractivity contribution < 1.29 is 4.79 Å². The average molecular weight is 445 g/mol. The molecule has 0 radical (unpaired) electrons. The molecular weight excluding hydrogens is 416 g/mol. The summed E-state index contributed by atoms with van der Waals surface area (Å²) >= 11 is 0. The van der Waals surface area contributed by atoms with Crippen molar-refractivity contribution >= 4 is 11.5 Å². The van der Waals surface area contributed by atoms with Gasteiger partial charge < -0.3 is 0 Å². The van der Waals surface area contributed by atoms with Crippen LogP contribution in [0.3, 0.4) is 0 Å². The Morgan fingerprint density at radius 2 is 1.18 bits per heavy atom. The molecule has 168 valence electrons. The maximum atomic E-state index is 13.7. The third-order valence-corrected chi connectivity index (χ3v) is 6.33. The number of carbonyl (C=O) groups is 1. The zero-order valence-corrected chi connectivity index (χ0v) is 19.1. The molecule has 1 aliphatic rings. The second-order valence-corrected chi connectivity index (χ2v) is 8.59. The molecule has 1 heterocycles. The van der Waals surface area contributed by atoms with Gasteiger partial charge in [0.25, 0.3) is 5.91 Å². The summed E-state index contributed by atoms with van der Waals surface area (Å²) in [6.07, 6.45) is 3.90. The molecule has 3 nitrogen and oxygen atoms in total. The molecule has 0 fully saturated rings. The molecule has 0 saturated carbocycles. The van der Waals surface area contributed by atoms with Gasteiger partial charge in [0, 0.05) is 18.3 Å². The molecule has 1 amide bonds. The molecule has 0 saturated heterocycles. The Hall–Kier alpha value is -3.95. The first kappa shape index (κ1) is 21.9. The van der Waals surface area contributed by atoms with Crippen LogP contribution in [0.4, 0.5) is 0 Å². The number of hydrazine groups is 1. The standard InChI is InChI=1S/C31H28N2O/c34-31(28-19-11-4-12-20-28)33-24-29(27-17-9-3-10-18-27)30(22-21-25-13-5-1-6-14-25)32(33)23-26-15-7-2-8-16-26/h1-20,24,30H,21-23H2/t30-/m1/s1. The molecule has 1 aliphatic heterocycles. The summed E-state index contributed by atoms with van der Waals surface area (Å²) in [5.41, 5.74) is 5.51. The fourth-order valence-electron chi connectivity index (χ4n) is 4.60. The van der Waals surface area contributed by atoms with Gasteiger partial charge in [-0.3, -0.25) is 4.79 Å². The largest absolute Gasteiger partial charge is 0.272 e. The highest BCUT2D eigenvalue weighted by Gasteiger charge is 2.37. The van der Waals surface area contributed by atoms with Crippen LogP contribution >= 0.6 is 0 Å². The molecule has 0 aliphatic carbocycles. The lowest BCUT2D eigenvalue weighted by Gasteiger charge is -2.33. The summed E-state index contributed by atoms with van der Waals surface area (Å²) in [5.74, 6) is -0.00725. The Bertz CT molecular complexity index is 1240. The molecule has 0 bridgehead atoms. The van der Waals surface area contributed by atoms with E-state index in [1.165, 1.54) is 16.7 Å². The summed E-state index contributed by atoms with van der Waals surface area (Å²) < 4.78 is 0. The number of nitrogens with zero attached hydrogens (tertiary/aromatic N) is 2. The Balaban J connectivity index is 1.53. The van der Waals surface area contributed by atoms with Crippen LogP contribution in [0.5, 0.6) is 0 Å². The predicted molar refractivity (Wildman–Crippen MR) is 138 cm³/mol. The smallest absolute Gasteiger partial charge is 0.267 e.